The molecular formula is C11H12N4O2S. The maximum atomic E-state index is 10.9. The minimum atomic E-state index is -1.01. The highest BCUT2D eigenvalue weighted by Crippen LogP contribution is 2.11. The van der Waals surface area contributed by atoms with E-state index >= 15 is 0 Å². The van der Waals surface area contributed by atoms with Crippen molar-refractivity contribution in [3.8, 4) is 0 Å². The molecule has 2 rings (SSSR count). The summed E-state index contributed by atoms with van der Waals surface area (Å²) in [7, 11) is 0. The molecule has 0 bridgehead atoms. The average Bonchev–Trinajstić information content (AvgIpc) is 2.75. The molecule has 2 N–H and O–H groups in total. The van der Waals surface area contributed by atoms with Gasteiger partial charge in [0.05, 0.1) is 10.7 Å². The summed E-state index contributed by atoms with van der Waals surface area (Å²) in [5, 5.41) is 13.1. The van der Waals surface area contributed by atoms with Crippen molar-refractivity contribution in [1.29, 1.82) is 0 Å². The molecule has 0 amide bonds. The molecule has 18 heavy (non-hydrogen) atoms. The Labute approximate surface area is 108 Å². The van der Waals surface area contributed by atoms with Gasteiger partial charge in [0.15, 0.2) is 0 Å². The SMILES string of the molecule is Cc1ncc(CNCc2ncncc2C(=O)O)s1. The number of hydrogen-bond acceptors (Lipinski definition) is 6. The third kappa shape index (κ3) is 3.08. The van der Waals surface area contributed by atoms with Crippen LogP contribution in [0, 0.1) is 6.92 Å². The van der Waals surface area contributed by atoms with Crippen LogP contribution in [-0.4, -0.2) is 26.0 Å². The van der Waals surface area contributed by atoms with Crippen molar-refractivity contribution in [3.05, 3.63) is 39.9 Å². The third-order valence-corrected chi connectivity index (χ3v) is 3.20. The predicted molar refractivity (Wildman–Crippen MR) is 66.4 cm³/mol. The fourth-order valence-electron chi connectivity index (χ4n) is 1.47. The van der Waals surface area contributed by atoms with Crippen molar-refractivity contribution in [2.24, 2.45) is 0 Å². The first-order chi connectivity index (χ1) is 8.66. The zero-order valence-electron chi connectivity index (χ0n) is 9.75. The largest absolute Gasteiger partial charge is 0.478 e. The molecule has 0 saturated carbocycles. The molecule has 0 aliphatic carbocycles. The van der Waals surface area contributed by atoms with Gasteiger partial charge in [0, 0.05) is 30.4 Å². The van der Waals surface area contributed by atoms with E-state index in [2.05, 4.69) is 20.3 Å². The number of carbonyl (C=O) groups is 1. The van der Waals surface area contributed by atoms with Gasteiger partial charge in [-0.2, -0.15) is 0 Å². The Hall–Kier alpha value is -1.86. The van der Waals surface area contributed by atoms with Crippen LogP contribution in [0.5, 0.6) is 0 Å². The quantitative estimate of drug-likeness (QED) is 0.844. The monoisotopic (exact) mass is 264 g/mol. The van der Waals surface area contributed by atoms with E-state index in [1.807, 2.05) is 13.1 Å². The Balaban J connectivity index is 1.96. The van der Waals surface area contributed by atoms with Crippen LogP contribution in [0.2, 0.25) is 0 Å². The standard InChI is InChI=1S/C11H12N4O2S/c1-7-14-3-8(18-7)2-12-5-10-9(11(16)17)4-13-6-15-10/h3-4,6,12H,2,5H2,1H3,(H,16,17). The summed E-state index contributed by atoms with van der Waals surface area (Å²) < 4.78 is 0. The molecule has 7 heteroatoms. The Bertz CT molecular complexity index is 555. The summed E-state index contributed by atoms with van der Waals surface area (Å²) in [4.78, 5) is 23.9. The molecule has 0 atom stereocenters. The van der Waals surface area contributed by atoms with Crippen LogP contribution in [0.1, 0.15) is 25.9 Å². The number of aromatic nitrogens is 3. The van der Waals surface area contributed by atoms with Gasteiger partial charge in [-0.15, -0.1) is 11.3 Å². The van der Waals surface area contributed by atoms with Gasteiger partial charge in [0.1, 0.15) is 11.9 Å². The molecule has 0 saturated heterocycles. The molecule has 6 nitrogen and oxygen atoms in total. The number of thiazole rings is 1. The van der Waals surface area contributed by atoms with Crippen molar-refractivity contribution in [1.82, 2.24) is 20.3 Å². The Morgan fingerprint density at radius 2 is 2.22 bits per heavy atom. The molecular weight excluding hydrogens is 252 g/mol. The summed E-state index contributed by atoms with van der Waals surface area (Å²) in [5.41, 5.74) is 0.615. The van der Waals surface area contributed by atoms with E-state index in [1.54, 1.807) is 11.3 Å². The molecule has 2 aromatic heterocycles. The first-order valence-electron chi connectivity index (χ1n) is 5.31. The van der Waals surface area contributed by atoms with E-state index in [0.717, 1.165) is 9.88 Å². The maximum Gasteiger partial charge on any atom is 0.339 e. The Morgan fingerprint density at radius 3 is 2.89 bits per heavy atom. The van der Waals surface area contributed by atoms with Crippen molar-refractivity contribution < 1.29 is 9.90 Å². The summed E-state index contributed by atoms with van der Waals surface area (Å²) in [6, 6.07) is 0. The van der Waals surface area contributed by atoms with Crippen LogP contribution in [0.25, 0.3) is 0 Å². The molecule has 0 fully saturated rings. The van der Waals surface area contributed by atoms with E-state index in [9.17, 15) is 4.79 Å². The minimum Gasteiger partial charge on any atom is -0.478 e. The number of carboxylic acids is 1. The van der Waals surface area contributed by atoms with Gasteiger partial charge in [-0.1, -0.05) is 0 Å². The number of rotatable bonds is 5. The number of nitrogens with one attached hydrogen (secondary N) is 1. The first-order valence-corrected chi connectivity index (χ1v) is 6.12. The van der Waals surface area contributed by atoms with Crippen LogP contribution in [0.4, 0.5) is 0 Å². The Morgan fingerprint density at radius 1 is 1.39 bits per heavy atom. The number of aryl methyl sites for hydroxylation is 1. The molecule has 0 unspecified atom stereocenters. The lowest BCUT2D eigenvalue weighted by Crippen LogP contribution is -2.16. The molecule has 0 radical (unpaired) electrons. The van der Waals surface area contributed by atoms with Gasteiger partial charge < -0.3 is 10.4 Å². The Kier molecular flexibility index (Phi) is 3.96. The predicted octanol–water partition coefficient (Wildman–Crippen LogP) is 1.23. The van der Waals surface area contributed by atoms with Gasteiger partial charge in [0.25, 0.3) is 0 Å². The fourth-order valence-corrected chi connectivity index (χ4v) is 2.23. The molecule has 2 aromatic rings. The summed E-state index contributed by atoms with van der Waals surface area (Å²) in [5.74, 6) is -1.01. The lowest BCUT2D eigenvalue weighted by atomic mass is 10.2. The number of aromatic carboxylic acids is 1. The third-order valence-electron chi connectivity index (χ3n) is 2.29. The number of carboxylic acid groups (broad SMARTS) is 1. The zero-order chi connectivity index (χ0) is 13.0. The first kappa shape index (κ1) is 12.6. The van der Waals surface area contributed by atoms with Crippen LogP contribution in [-0.2, 0) is 13.1 Å². The van der Waals surface area contributed by atoms with Gasteiger partial charge in [-0.25, -0.2) is 19.7 Å². The van der Waals surface area contributed by atoms with E-state index in [0.29, 0.717) is 18.8 Å². The van der Waals surface area contributed by atoms with Gasteiger partial charge >= 0.3 is 5.97 Å². The highest BCUT2D eigenvalue weighted by Gasteiger charge is 2.10. The number of nitrogens with zero attached hydrogens (tertiary/aromatic N) is 3. The number of hydrogen-bond donors (Lipinski definition) is 2. The molecule has 0 aliphatic heterocycles. The van der Waals surface area contributed by atoms with Crippen LogP contribution < -0.4 is 5.32 Å². The zero-order valence-corrected chi connectivity index (χ0v) is 10.6. The van der Waals surface area contributed by atoms with Crippen LogP contribution in [0.15, 0.2) is 18.7 Å². The van der Waals surface area contributed by atoms with Crippen molar-refractivity contribution in [3.63, 3.8) is 0 Å². The fraction of sp³-hybridized carbons (Fsp3) is 0.273. The average molecular weight is 264 g/mol. The van der Waals surface area contributed by atoms with E-state index in [1.165, 1.54) is 12.5 Å². The van der Waals surface area contributed by atoms with Gasteiger partial charge in [-0.3, -0.25) is 0 Å². The molecule has 0 aromatic carbocycles. The van der Waals surface area contributed by atoms with Crippen LogP contribution in [0.3, 0.4) is 0 Å². The summed E-state index contributed by atoms with van der Waals surface area (Å²) in [6.45, 7) is 2.98. The second-order valence-corrected chi connectivity index (χ2v) is 4.96. The molecule has 0 spiro atoms. The van der Waals surface area contributed by atoms with Gasteiger partial charge in [-0.05, 0) is 6.92 Å². The van der Waals surface area contributed by atoms with Gasteiger partial charge in [0.2, 0.25) is 0 Å². The topological polar surface area (TPSA) is 88.0 Å². The lowest BCUT2D eigenvalue weighted by Gasteiger charge is -2.04. The molecule has 0 aliphatic rings. The van der Waals surface area contributed by atoms with Crippen molar-refractivity contribution >= 4 is 17.3 Å². The maximum absolute atomic E-state index is 10.9. The van der Waals surface area contributed by atoms with Crippen molar-refractivity contribution in [2.45, 2.75) is 20.0 Å². The normalized spacial score (nSPS) is 10.5. The second-order valence-electron chi connectivity index (χ2n) is 3.64. The smallest absolute Gasteiger partial charge is 0.339 e. The highest BCUT2D eigenvalue weighted by molar-refractivity contribution is 7.11. The summed E-state index contributed by atoms with van der Waals surface area (Å²) in [6.07, 6.45) is 4.47. The van der Waals surface area contributed by atoms with E-state index in [-0.39, 0.29) is 5.56 Å². The van der Waals surface area contributed by atoms with Crippen LogP contribution >= 0.6 is 11.3 Å². The highest BCUT2D eigenvalue weighted by atomic mass is 32.1. The summed E-state index contributed by atoms with van der Waals surface area (Å²) >= 11 is 1.61. The minimum absolute atomic E-state index is 0.130. The lowest BCUT2D eigenvalue weighted by molar-refractivity contribution is 0.0694. The second kappa shape index (κ2) is 5.65. The van der Waals surface area contributed by atoms with E-state index in [4.69, 9.17) is 5.11 Å². The molecule has 2 heterocycles. The van der Waals surface area contributed by atoms with Crippen molar-refractivity contribution in [2.75, 3.05) is 0 Å². The van der Waals surface area contributed by atoms with E-state index < -0.39 is 5.97 Å². The molecule has 94 valence electrons.